The summed E-state index contributed by atoms with van der Waals surface area (Å²) in [5.74, 6) is 0.742. The Morgan fingerprint density at radius 1 is 0.923 bits per heavy atom. The highest BCUT2D eigenvalue weighted by atomic mass is 16.5. The van der Waals surface area contributed by atoms with Crippen molar-refractivity contribution in [1.82, 2.24) is 5.43 Å². The molecule has 3 aromatic carbocycles. The standard InChI is InChI=1S/C21H19N3O2/c25-21(23-19-11-5-2-6-12-19)24-22-15-18-10-7-13-20(14-18)26-16-17-8-3-1-4-9-17/h1-15H,16H2,(H2,23,24,25)/b22-15-. The van der Waals surface area contributed by atoms with Gasteiger partial charge in [-0.15, -0.1) is 0 Å². The summed E-state index contributed by atoms with van der Waals surface area (Å²) in [7, 11) is 0. The second-order valence-corrected chi connectivity index (χ2v) is 5.54. The lowest BCUT2D eigenvalue weighted by Gasteiger charge is -2.07. The molecule has 0 radical (unpaired) electrons. The normalized spacial score (nSPS) is 10.5. The third-order valence-electron chi connectivity index (χ3n) is 3.52. The van der Waals surface area contributed by atoms with Crippen molar-refractivity contribution in [2.45, 2.75) is 6.61 Å². The molecule has 0 heterocycles. The molecule has 0 aliphatic rings. The molecular formula is C21H19N3O2. The first-order chi connectivity index (χ1) is 12.8. The number of hydrogen-bond donors (Lipinski definition) is 2. The van der Waals surface area contributed by atoms with Crippen LogP contribution in [-0.4, -0.2) is 12.2 Å². The number of nitrogens with zero attached hydrogens (tertiary/aromatic N) is 1. The zero-order chi connectivity index (χ0) is 18.0. The maximum atomic E-state index is 11.8. The summed E-state index contributed by atoms with van der Waals surface area (Å²) in [4.78, 5) is 11.8. The molecule has 5 nitrogen and oxygen atoms in total. The van der Waals surface area contributed by atoms with Gasteiger partial charge < -0.3 is 10.1 Å². The van der Waals surface area contributed by atoms with Crippen molar-refractivity contribution >= 4 is 17.9 Å². The van der Waals surface area contributed by atoms with Crippen molar-refractivity contribution in [3.63, 3.8) is 0 Å². The van der Waals surface area contributed by atoms with Crippen molar-refractivity contribution < 1.29 is 9.53 Å². The molecule has 2 N–H and O–H groups in total. The molecule has 2 amide bonds. The number of hydrogen-bond acceptors (Lipinski definition) is 3. The zero-order valence-electron chi connectivity index (χ0n) is 14.1. The lowest BCUT2D eigenvalue weighted by atomic mass is 10.2. The van der Waals surface area contributed by atoms with Gasteiger partial charge in [-0.2, -0.15) is 5.10 Å². The van der Waals surface area contributed by atoms with Gasteiger partial charge in [-0.05, 0) is 35.4 Å². The first kappa shape index (κ1) is 17.2. The monoisotopic (exact) mass is 345 g/mol. The van der Waals surface area contributed by atoms with Gasteiger partial charge in [-0.1, -0.05) is 60.7 Å². The van der Waals surface area contributed by atoms with Gasteiger partial charge >= 0.3 is 6.03 Å². The first-order valence-electron chi connectivity index (χ1n) is 8.21. The predicted octanol–water partition coefficient (Wildman–Crippen LogP) is 4.42. The number of carbonyl (C=O) groups is 1. The van der Waals surface area contributed by atoms with Gasteiger partial charge in [0.05, 0.1) is 6.21 Å². The molecule has 5 heteroatoms. The Labute approximate surface area is 152 Å². The number of ether oxygens (including phenoxy) is 1. The number of urea groups is 1. The van der Waals surface area contributed by atoms with Crippen molar-refractivity contribution in [2.24, 2.45) is 5.10 Å². The van der Waals surface area contributed by atoms with E-state index in [-0.39, 0.29) is 0 Å². The smallest absolute Gasteiger partial charge is 0.339 e. The number of rotatable bonds is 6. The van der Waals surface area contributed by atoms with Gasteiger partial charge in [0.2, 0.25) is 0 Å². The van der Waals surface area contributed by atoms with Crippen molar-refractivity contribution in [2.75, 3.05) is 5.32 Å². The van der Waals surface area contributed by atoms with Crippen LogP contribution in [0.4, 0.5) is 10.5 Å². The lowest BCUT2D eigenvalue weighted by Crippen LogP contribution is -2.24. The minimum atomic E-state index is -0.399. The third-order valence-corrected chi connectivity index (χ3v) is 3.52. The highest BCUT2D eigenvalue weighted by molar-refractivity contribution is 5.90. The van der Waals surface area contributed by atoms with Gasteiger partial charge in [0.15, 0.2) is 0 Å². The quantitative estimate of drug-likeness (QED) is 0.513. The van der Waals surface area contributed by atoms with Crippen LogP contribution < -0.4 is 15.5 Å². The van der Waals surface area contributed by atoms with Crippen LogP contribution in [0, 0.1) is 0 Å². The summed E-state index contributed by atoms with van der Waals surface area (Å²) in [6, 6.07) is 26.3. The van der Waals surface area contributed by atoms with Crippen molar-refractivity contribution in [3.8, 4) is 5.75 Å². The summed E-state index contributed by atoms with van der Waals surface area (Å²) >= 11 is 0. The summed E-state index contributed by atoms with van der Waals surface area (Å²) in [6.45, 7) is 0.499. The Balaban J connectivity index is 1.51. The Bertz CT molecular complexity index is 865. The van der Waals surface area contributed by atoms with E-state index >= 15 is 0 Å². The van der Waals surface area contributed by atoms with E-state index in [4.69, 9.17) is 4.74 Å². The zero-order valence-corrected chi connectivity index (χ0v) is 14.1. The Kier molecular flexibility index (Phi) is 5.99. The van der Waals surface area contributed by atoms with E-state index in [0.29, 0.717) is 12.3 Å². The fourth-order valence-corrected chi connectivity index (χ4v) is 2.27. The van der Waals surface area contributed by atoms with Crippen molar-refractivity contribution in [3.05, 3.63) is 96.1 Å². The van der Waals surface area contributed by atoms with E-state index in [1.165, 1.54) is 0 Å². The van der Waals surface area contributed by atoms with Crippen LogP contribution >= 0.6 is 0 Å². The summed E-state index contributed by atoms with van der Waals surface area (Å²) in [5, 5.41) is 6.64. The summed E-state index contributed by atoms with van der Waals surface area (Å²) < 4.78 is 5.78. The number of carbonyl (C=O) groups excluding carboxylic acids is 1. The van der Waals surface area contributed by atoms with Crippen LogP contribution in [0.3, 0.4) is 0 Å². The largest absolute Gasteiger partial charge is 0.489 e. The molecule has 0 saturated heterocycles. The molecule has 0 spiro atoms. The SMILES string of the molecule is O=C(N/N=C\c1cccc(OCc2ccccc2)c1)Nc1ccccc1. The van der Waals surface area contributed by atoms with Gasteiger partial charge in [-0.25, -0.2) is 10.2 Å². The van der Waals surface area contributed by atoms with E-state index in [2.05, 4.69) is 15.8 Å². The van der Waals surface area contributed by atoms with Crippen LogP contribution in [0.5, 0.6) is 5.75 Å². The van der Waals surface area contributed by atoms with Crippen LogP contribution in [-0.2, 0) is 6.61 Å². The van der Waals surface area contributed by atoms with E-state index < -0.39 is 6.03 Å². The molecule has 0 aromatic heterocycles. The molecule has 130 valence electrons. The van der Waals surface area contributed by atoms with E-state index in [1.54, 1.807) is 18.3 Å². The Morgan fingerprint density at radius 2 is 1.65 bits per heavy atom. The molecule has 0 saturated carbocycles. The van der Waals surface area contributed by atoms with Gasteiger partial charge in [-0.3, -0.25) is 0 Å². The highest BCUT2D eigenvalue weighted by Gasteiger charge is 1.99. The molecule has 3 aromatic rings. The molecule has 0 atom stereocenters. The molecule has 26 heavy (non-hydrogen) atoms. The fourth-order valence-electron chi connectivity index (χ4n) is 2.27. The fraction of sp³-hybridized carbons (Fsp3) is 0.0476. The summed E-state index contributed by atoms with van der Waals surface area (Å²) in [5.41, 5.74) is 5.07. The molecular weight excluding hydrogens is 326 g/mol. The number of anilines is 1. The molecule has 0 fully saturated rings. The minimum Gasteiger partial charge on any atom is -0.489 e. The predicted molar refractivity (Wildman–Crippen MR) is 103 cm³/mol. The van der Waals surface area contributed by atoms with Crippen LogP contribution in [0.2, 0.25) is 0 Å². The summed E-state index contributed by atoms with van der Waals surface area (Å²) in [6.07, 6.45) is 1.57. The van der Waals surface area contributed by atoms with Crippen LogP contribution in [0.25, 0.3) is 0 Å². The number of amides is 2. The first-order valence-corrected chi connectivity index (χ1v) is 8.21. The van der Waals surface area contributed by atoms with Crippen molar-refractivity contribution in [1.29, 1.82) is 0 Å². The molecule has 0 aliphatic heterocycles. The number of benzene rings is 3. The van der Waals surface area contributed by atoms with Crippen LogP contribution in [0.1, 0.15) is 11.1 Å². The molecule has 0 bridgehead atoms. The van der Waals surface area contributed by atoms with Gasteiger partial charge in [0, 0.05) is 5.69 Å². The average molecular weight is 345 g/mol. The van der Waals surface area contributed by atoms with E-state index in [1.807, 2.05) is 72.8 Å². The van der Waals surface area contributed by atoms with Gasteiger partial charge in [0.1, 0.15) is 12.4 Å². The second kappa shape index (κ2) is 9.03. The maximum Gasteiger partial charge on any atom is 0.339 e. The van der Waals surface area contributed by atoms with Gasteiger partial charge in [0.25, 0.3) is 0 Å². The van der Waals surface area contributed by atoms with E-state index in [9.17, 15) is 4.79 Å². The number of hydrazone groups is 1. The molecule has 3 rings (SSSR count). The average Bonchev–Trinajstić information content (AvgIpc) is 2.68. The number of para-hydroxylation sites is 1. The minimum absolute atomic E-state index is 0.399. The highest BCUT2D eigenvalue weighted by Crippen LogP contribution is 2.14. The molecule has 0 aliphatic carbocycles. The van der Waals surface area contributed by atoms with E-state index in [0.717, 1.165) is 16.9 Å². The third kappa shape index (κ3) is 5.49. The molecule has 0 unspecified atom stereocenters. The topological polar surface area (TPSA) is 62.7 Å². The second-order valence-electron chi connectivity index (χ2n) is 5.54. The number of nitrogens with one attached hydrogen (secondary N) is 2. The Morgan fingerprint density at radius 3 is 2.42 bits per heavy atom. The van der Waals surface area contributed by atoms with Crippen LogP contribution in [0.15, 0.2) is 90.0 Å². The lowest BCUT2D eigenvalue weighted by molar-refractivity contribution is 0.252. The Hall–Kier alpha value is -3.60. The maximum absolute atomic E-state index is 11.8.